The molecule has 3 rings (SSSR count). The first-order valence-corrected chi connectivity index (χ1v) is 9.92. The zero-order valence-corrected chi connectivity index (χ0v) is 17.3. The molecule has 0 fully saturated rings. The van der Waals surface area contributed by atoms with Crippen LogP contribution in [0.2, 0.25) is 0 Å². The molecular formula is C20H16BrN3O3S. The van der Waals surface area contributed by atoms with E-state index in [1.165, 1.54) is 17.8 Å². The average molecular weight is 458 g/mol. The predicted molar refractivity (Wildman–Crippen MR) is 113 cm³/mol. The molecule has 8 heteroatoms. The Bertz CT molecular complexity index is 995. The highest BCUT2D eigenvalue weighted by molar-refractivity contribution is 9.10. The van der Waals surface area contributed by atoms with E-state index >= 15 is 0 Å². The van der Waals surface area contributed by atoms with E-state index in [2.05, 4.69) is 26.1 Å². The molecule has 0 N–H and O–H groups in total. The van der Waals surface area contributed by atoms with Gasteiger partial charge in [-0.2, -0.15) is 0 Å². The van der Waals surface area contributed by atoms with Crippen LogP contribution in [0.1, 0.15) is 18.1 Å². The summed E-state index contributed by atoms with van der Waals surface area (Å²) in [7, 11) is 0. The van der Waals surface area contributed by atoms with Crippen LogP contribution >= 0.6 is 27.7 Å². The largest absolute Gasteiger partial charge is 0.391 e. The van der Waals surface area contributed by atoms with Gasteiger partial charge in [0.15, 0.2) is 0 Å². The van der Waals surface area contributed by atoms with Crippen LogP contribution in [-0.2, 0) is 11.4 Å². The minimum absolute atomic E-state index is 0.00983. The van der Waals surface area contributed by atoms with Crippen molar-refractivity contribution in [2.75, 3.05) is 0 Å². The Morgan fingerprint density at radius 3 is 2.68 bits per heavy atom. The fourth-order valence-electron chi connectivity index (χ4n) is 2.33. The van der Waals surface area contributed by atoms with E-state index in [1.807, 2.05) is 36.4 Å². The van der Waals surface area contributed by atoms with E-state index in [-0.39, 0.29) is 5.69 Å². The van der Waals surface area contributed by atoms with Crippen LogP contribution in [0.3, 0.4) is 0 Å². The van der Waals surface area contributed by atoms with Crippen molar-refractivity contribution in [1.82, 2.24) is 4.98 Å². The second-order valence-corrected chi connectivity index (χ2v) is 7.76. The first kappa shape index (κ1) is 20.0. The summed E-state index contributed by atoms with van der Waals surface area (Å²) in [4.78, 5) is 21.2. The molecule has 0 aliphatic carbocycles. The highest BCUT2D eigenvalue weighted by Gasteiger charge is 2.17. The summed E-state index contributed by atoms with van der Waals surface area (Å²) >= 11 is 4.63. The third-order valence-electron chi connectivity index (χ3n) is 3.77. The molecular weight excluding hydrogens is 442 g/mol. The maximum absolute atomic E-state index is 11.5. The van der Waals surface area contributed by atoms with E-state index in [4.69, 9.17) is 4.84 Å². The van der Waals surface area contributed by atoms with Crippen molar-refractivity contribution in [2.24, 2.45) is 5.16 Å². The van der Waals surface area contributed by atoms with E-state index in [9.17, 15) is 10.1 Å². The lowest BCUT2D eigenvalue weighted by Crippen LogP contribution is -2.00. The molecule has 0 atom stereocenters. The highest BCUT2D eigenvalue weighted by atomic mass is 79.9. The van der Waals surface area contributed by atoms with Gasteiger partial charge in [0.25, 0.3) is 5.69 Å². The number of pyridine rings is 1. The molecule has 3 aromatic rings. The maximum Gasteiger partial charge on any atom is 0.283 e. The van der Waals surface area contributed by atoms with Crippen molar-refractivity contribution in [3.8, 4) is 0 Å². The monoisotopic (exact) mass is 457 g/mol. The minimum Gasteiger partial charge on any atom is -0.391 e. The van der Waals surface area contributed by atoms with Gasteiger partial charge in [-0.25, -0.2) is 4.98 Å². The quantitative estimate of drug-likeness (QED) is 0.252. The molecule has 1 heterocycles. The standard InChI is InChI=1S/C20H16BrN3O3S/c1-14(23-27-13-15-5-8-17(21)9-6-15)16-7-10-19(18(12-16)24(25)26)28-20-4-2-3-11-22-20/h2-12H,13H2,1H3/b23-14+. The zero-order chi connectivity index (χ0) is 19.9. The predicted octanol–water partition coefficient (Wildman–Crippen LogP) is 5.84. The fraction of sp³-hybridized carbons (Fsp3) is 0.100. The lowest BCUT2D eigenvalue weighted by molar-refractivity contribution is -0.387. The summed E-state index contributed by atoms with van der Waals surface area (Å²) in [6.45, 7) is 2.08. The molecule has 2 aromatic carbocycles. The van der Waals surface area contributed by atoms with Gasteiger partial charge in [0.2, 0.25) is 0 Å². The summed E-state index contributed by atoms with van der Waals surface area (Å²) in [6, 6.07) is 18.2. The number of benzene rings is 2. The summed E-state index contributed by atoms with van der Waals surface area (Å²) in [5.74, 6) is 0. The van der Waals surface area contributed by atoms with Crippen LogP contribution in [0.5, 0.6) is 0 Å². The van der Waals surface area contributed by atoms with Crippen LogP contribution < -0.4 is 0 Å². The van der Waals surface area contributed by atoms with Gasteiger partial charge in [-0.1, -0.05) is 57.1 Å². The highest BCUT2D eigenvalue weighted by Crippen LogP contribution is 2.34. The van der Waals surface area contributed by atoms with Crippen LogP contribution in [0.4, 0.5) is 5.69 Å². The Kier molecular flexibility index (Phi) is 6.78. The first-order valence-electron chi connectivity index (χ1n) is 8.31. The fourth-order valence-corrected chi connectivity index (χ4v) is 3.45. The SMILES string of the molecule is C/C(=N\OCc1ccc(Br)cc1)c1ccc(Sc2ccccn2)c([N+](=O)[O-])c1. The van der Waals surface area contributed by atoms with Gasteiger partial charge >= 0.3 is 0 Å². The van der Waals surface area contributed by atoms with Crippen molar-refractivity contribution in [2.45, 2.75) is 23.5 Å². The molecule has 28 heavy (non-hydrogen) atoms. The molecule has 0 bridgehead atoms. The minimum atomic E-state index is -0.398. The normalized spacial score (nSPS) is 11.3. The topological polar surface area (TPSA) is 77.6 Å². The average Bonchev–Trinajstić information content (AvgIpc) is 2.70. The van der Waals surface area contributed by atoms with Crippen molar-refractivity contribution in [1.29, 1.82) is 0 Å². The van der Waals surface area contributed by atoms with Crippen molar-refractivity contribution in [3.05, 3.63) is 92.6 Å². The number of oxime groups is 1. The van der Waals surface area contributed by atoms with Crippen molar-refractivity contribution >= 4 is 39.1 Å². The molecule has 6 nitrogen and oxygen atoms in total. The summed E-state index contributed by atoms with van der Waals surface area (Å²) < 4.78 is 0.993. The molecule has 0 radical (unpaired) electrons. The number of nitro groups is 1. The lowest BCUT2D eigenvalue weighted by atomic mass is 10.1. The Balaban J connectivity index is 1.74. The van der Waals surface area contributed by atoms with Crippen molar-refractivity contribution < 1.29 is 9.76 Å². The van der Waals surface area contributed by atoms with Crippen LogP contribution in [0, 0.1) is 10.1 Å². The second-order valence-electron chi connectivity index (χ2n) is 5.79. The number of halogens is 1. The van der Waals surface area contributed by atoms with E-state index in [1.54, 1.807) is 31.3 Å². The van der Waals surface area contributed by atoms with E-state index < -0.39 is 4.92 Å². The van der Waals surface area contributed by atoms with Crippen LogP contribution in [0.25, 0.3) is 0 Å². The second kappa shape index (κ2) is 9.48. The van der Waals surface area contributed by atoms with Gasteiger partial charge in [0, 0.05) is 22.3 Å². The number of nitrogens with zero attached hydrogens (tertiary/aromatic N) is 3. The first-order chi connectivity index (χ1) is 13.5. The maximum atomic E-state index is 11.5. The van der Waals surface area contributed by atoms with Gasteiger partial charge in [-0.05, 0) is 42.8 Å². The van der Waals surface area contributed by atoms with Gasteiger partial charge < -0.3 is 4.84 Å². The third kappa shape index (κ3) is 5.40. The van der Waals surface area contributed by atoms with E-state index in [0.717, 1.165) is 10.0 Å². The van der Waals surface area contributed by atoms with Gasteiger partial charge in [-0.15, -0.1) is 0 Å². The Morgan fingerprint density at radius 1 is 1.21 bits per heavy atom. The molecule has 1 aromatic heterocycles. The molecule has 0 amide bonds. The molecule has 0 saturated carbocycles. The molecule has 142 valence electrons. The van der Waals surface area contributed by atoms with Crippen LogP contribution in [0.15, 0.2) is 86.4 Å². The Morgan fingerprint density at radius 2 is 2.00 bits per heavy atom. The Hall–Kier alpha value is -2.71. The molecule has 0 unspecified atom stereocenters. The number of hydrogen-bond donors (Lipinski definition) is 0. The number of rotatable bonds is 7. The van der Waals surface area contributed by atoms with Crippen molar-refractivity contribution in [3.63, 3.8) is 0 Å². The van der Waals surface area contributed by atoms with Gasteiger partial charge in [-0.3, -0.25) is 10.1 Å². The molecule has 0 aliphatic heterocycles. The Labute approximate surface area is 174 Å². The number of hydrogen-bond acceptors (Lipinski definition) is 6. The number of nitro benzene ring substituents is 1. The third-order valence-corrected chi connectivity index (χ3v) is 5.32. The van der Waals surface area contributed by atoms with E-state index in [0.29, 0.717) is 27.8 Å². The summed E-state index contributed by atoms with van der Waals surface area (Å²) in [5.41, 5.74) is 2.19. The van der Waals surface area contributed by atoms with Gasteiger partial charge in [0.05, 0.1) is 15.5 Å². The molecule has 0 aliphatic rings. The molecule has 0 spiro atoms. The molecule has 0 saturated heterocycles. The van der Waals surface area contributed by atoms with Crippen LogP contribution in [-0.4, -0.2) is 15.6 Å². The zero-order valence-electron chi connectivity index (χ0n) is 14.9. The summed E-state index contributed by atoms with van der Waals surface area (Å²) in [6.07, 6.45) is 1.65. The lowest BCUT2D eigenvalue weighted by Gasteiger charge is -2.06. The smallest absolute Gasteiger partial charge is 0.283 e. The van der Waals surface area contributed by atoms with Gasteiger partial charge in [0.1, 0.15) is 11.6 Å². The number of aromatic nitrogens is 1. The summed E-state index contributed by atoms with van der Waals surface area (Å²) in [5, 5.41) is 16.3.